The van der Waals surface area contributed by atoms with Crippen LogP contribution in [0.25, 0.3) is 0 Å². The zero-order valence-corrected chi connectivity index (χ0v) is 9.15. The van der Waals surface area contributed by atoms with Crippen LogP contribution in [0.2, 0.25) is 0 Å². The molecule has 1 heterocycles. The van der Waals surface area contributed by atoms with E-state index in [1.165, 1.54) is 4.68 Å². The Bertz CT molecular complexity index is 271. The lowest BCUT2D eigenvalue weighted by molar-refractivity contribution is -0.144. The van der Waals surface area contributed by atoms with Gasteiger partial charge in [0.2, 0.25) is 0 Å². The molecule has 5 nitrogen and oxygen atoms in total. The Labute approximate surface area is 84.1 Å². The molecular formula is C9H17N3O2. The number of carbonyl (C=O) groups excluding carboxylic acids is 1. The molecule has 0 atom stereocenters. The number of esters is 1. The molecule has 0 spiro atoms. The summed E-state index contributed by atoms with van der Waals surface area (Å²) < 4.78 is 6.24. The van der Waals surface area contributed by atoms with Gasteiger partial charge in [-0.25, -0.2) is 4.68 Å². The number of aryl methyl sites for hydroxylation is 1. The second kappa shape index (κ2) is 7.06. The minimum Gasteiger partial charge on any atom is -0.465 e. The topological polar surface area (TPSA) is 57.0 Å². The zero-order valence-electron chi connectivity index (χ0n) is 9.15. The maximum atomic E-state index is 11.0. The standard InChI is InChI=1S/C7H11N3O2.C2H6/c1-3-12-7(11)5-10-6(2)4-8-9-10;1-2/h4H,3,5H2,1-2H3;1-2H3. The van der Waals surface area contributed by atoms with Gasteiger partial charge in [-0.3, -0.25) is 4.79 Å². The average molecular weight is 199 g/mol. The monoisotopic (exact) mass is 199 g/mol. The molecule has 0 radical (unpaired) electrons. The SMILES string of the molecule is CC.CCOC(=O)Cn1nncc1C. The highest BCUT2D eigenvalue weighted by Gasteiger charge is 2.05. The van der Waals surface area contributed by atoms with Crippen molar-refractivity contribution >= 4 is 5.97 Å². The highest BCUT2D eigenvalue weighted by atomic mass is 16.5. The zero-order chi connectivity index (χ0) is 11.0. The van der Waals surface area contributed by atoms with E-state index in [4.69, 9.17) is 4.74 Å². The summed E-state index contributed by atoms with van der Waals surface area (Å²) in [6.45, 7) is 8.14. The normalized spacial score (nSPS) is 8.86. The van der Waals surface area contributed by atoms with Gasteiger partial charge in [-0.05, 0) is 13.8 Å². The first-order chi connectivity index (χ1) is 6.74. The van der Waals surface area contributed by atoms with E-state index in [1.807, 2.05) is 20.8 Å². The highest BCUT2D eigenvalue weighted by Crippen LogP contribution is 1.93. The lowest BCUT2D eigenvalue weighted by atomic mass is 10.5. The second-order valence-corrected chi connectivity index (χ2v) is 2.34. The summed E-state index contributed by atoms with van der Waals surface area (Å²) in [7, 11) is 0. The Morgan fingerprint density at radius 2 is 2.21 bits per heavy atom. The largest absolute Gasteiger partial charge is 0.465 e. The molecule has 80 valence electrons. The summed E-state index contributed by atoms with van der Waals surface area (Å²) in [5.41, 5.74) is 0.850. The van der Waals surface area contributed by atoms with E-state index in [0.717, 1.165) is 5.69 Å². The van der Waals surface area contributed by atoms with Crippen LogP contribution in [0.3, 0.4) is 0 Å². The molecule has 0 aliphatic rings. The van der Waals surface area contributed by atoms with Crippen LogP contribution in [-0.2, 0) is 16.1 Å². The van der Waals surface area contributed by atoms with Gasteiger partial charge in [0.15, 0.2) is 0 Å². The summed E-state index contributed by atoms with van der Waals surface area (Å²) in [4.78, 5) is 11.0. The second-order valence-electron chi connectivity index (χ2n) is 2.34. The molecule has 1 aromatic rings. The molecule has 0 fully saturated rings. The number of nitrogens with zero attached hydrogens (tertiary/aromatic N) is 3. The molecular weight excluding hydrogens is 182 g/mol. The molecule has 0 amide bonds. The van der Waals surface area contributed by atoms with Gasteiger partial charge < -0.3 is 4.74 Å². The third-order valence-corrected chi connectivity index (χ3v) is 1.40. The van der Waals surface area contributed by atoms with Crippen molar-refractivity contribution in [1.82, 2.24) is 15.0 Å². The molecule has 0 aromatic carbocycles. The van der Waals surface area contributed by atoms with E-state index < -0.39 is 0 Å². The van der Waals surface area contributed by atoms with Crippen LogP contribution in [0.4, 0.5) is 0 Å². The van der Waals surface area contributed by atoms with Gasteiger partial charge in [0.05, 0.1) is 18.5 Å². The molecule has 0 saturated carbocycles. The predicted octanol–water partition coefficient (Wildman–Crippen LogP) is 1.18. The van der Waals surface area contributed by atoms with Crippen molar-refractivity contribution in [3.05, 3.63) is 11.9 Å². The lowest BCUT2D eigenvalue weighted by Gasteiger charge is -2.01. The van der Waals surface area contributed by atoms with Gasteiger partial charge in [0.1, 0.15) is 6.54 Å². The Morgan fingerprint density at radius 3 is 2.64 bits per heavy atom. The van der Waals surface area contributed by atoms with E-state index in [2.05, 4.69) is 10.3 Å². The maximum absolute atomic E-state index is 11.0. The summed E-state index contributed by atoms with van der Waals surface area (Å²) in [5, 5.41) is 7.34. The van der Waals surface area contributed by atoms with Crippen LogP contribution < -0.4 is 0 Å². The number of hydrogen-bond acceptors (Lipinski definition) is 4. The molecule has 0 bridgehead atoms. The molecule has 0 unspecified atom stereocenters. The van der Waals surface area contributed by atoms with Crippen LogP contribution in [0.5, 0.6) is 0 Å². The number of hydrogen-bond donors (Lipinski definition) is 0. The number of carbonyl (C=O) groups is 1. The van der Waals surface area contributed by atoms with Gasteiger partial charge in [-0.1, -0.05) is 19.1 Å². The van der Waals surface area contributed by atoms with Crippen LogP contribution in [0, 0.1) is 6.92 Å². The summed E-state index contributed by atoms with van der Waals surface area (Å²) >= 11 is 0. The van der Waals surface area contributed by atoms with E-state index >= 15 is 0 Å². The van der Waals surface area contributed by atoms with Gasteiger partial charge in [0, 0.05) is 0 Å². The van der Waals surface area contributed by atoms with Crippen LogP contribution in [0.1, 0.15) is 26.5 Å². The quantitative estimate of drug-likeness (QED) is 0.686. The highest BCUT2D eigenvalue weighted by molar-refractivity contribution is 5.69. The fourth-order valence-electron chi connectivity index (χ4n) is 0.794. The van der Waals surface area contributed by atoms with Gasteiger partial charge >= 0.3 is 5.97 Å². The van der Waals surface area contributed by atoms with Gasteiger partial charge in [0.25, 0.3) is 0 Å². The lowest BCUT2D eigenvalue weighted by Crippen LogP contribution is -2.15. The molecule has 0 N–H and O–H groups in total. The Balaban J connectivity index is 0.000000791. The first kappa shape index (κ1) is 12.6. The fourth-order valence-corrected chi connectivity index (χ4v) is 0.794. The van der Waals surface area contributed by atoms with Crippen LogP contribution in [0.15, 0.2) is 6.20 Å². The van der Waals surface area contributed by atoms with Crippen LogP contribution in [-0.4, -0.2) is 27.6 Å². The van der Waals surface area contributed by atoms with Crippen molar-refractivity contribution in [1.29, 1.82) is 0 Å². The average Bonchev–Trinajstić information content (AvgIpc) is 2.56. The molecule has 5 heteroatoms. The van der Waals surface area contributed by atoms with Crippen molar-refractivity contribution in [2.45, 2.75) is 34.2 Å². The Hall–Kier alpha value is -1.39. The van der Waals surface area contributed by atoms with Crippen molar-refractivity contribution in [3.63, 3.8) is 0 Å². The first-order valence-corrected chi connectivity index (χ1v) is 4.74. The third-order valence-electron chi connectivity index (χ3n) is 1.40. The van der Waals surface area contributed by atoms with Crippen LogP contribution >= 0.6 is 0 Å². The molecule has 1 rings (SSSR count). The van der Waals surface area contributed by atoms with Crippen molar-refractivity contribution in [2.24, 2.45) is 0 Å². The molecule has 0 saturated heterocycles. The number of rotatable bonds is 3. The number of ether oxygens (including phenoxy) is 1. The van der Waals surface area contributed by atoms with Gasteiger partial charge in [-0.15, -0.1) is 5.10 Å². The molecule has 14 heavy (non-hydrogen) atoms. The summed E-state index contributed by atoms with van der Waals surface area (Å²) in [6, 6.07) is 0. The third kappa shape index (κ3) is 4.02. The van der Waals surface area contributed by atoms with E-state index in [1.54, 1.807) is 13.1 Å². The van der Waals surface area contributed by atoms with Gasteiger partial charge in [-0.2, -0.15) is 0 Å². The Morgan fingerprint density at radius 1 is 1.57 bits per heavy atom. The predicted molar refractivity (Wildman–Crippen MR) is 52.7 cm³/mol. The minimum absolute atomic E-state index is 0.139. The minimum atomic E-state index is -0.286. The first-order valence-electron chi connectivity index (χ1n) is 4.74. The number of aromatic nitrogens is 3. The molecule has 0 aliphatic carbocycles. The Kier molecular flexibility index (Phi) is 6.36. The van der Waals surface area contributed by atoms with Crippen molar-refractivity contribution in [2.75, 3.05) is 6.61 Å². The molecule has 0 aliphatic heterocycles. The smallest absolute Gasteiger partial charge is 0.327 e. The van der Waals surface area contributed by atoms with E-state index in [-0.39, 0.29) is 12.5 Å². The summed E-state index contributed by atoms with van der Waals surface area (Å²) in [5.74, 6) is -0.286. The fraction of sp³-hybridized carbons (Fsp3) is 0.667. The van der Waals surface area contributed by atoms with E-state index in [0.29, 0.717) is 6.61 Å². The molecule has 1 aromatic heterocycles. The summed E-state index contributed by atoms with van der Waals surface area (Å²) in [6.07, 6.45) is 1.60. The van der Waals surface area contributed by atoms with Crippen molar-refractivity contribution in [3.8, 4) is 0 Å². The maximum Gasteiger partial charge on any atom is 0.327 e. The van der Waals surface area contributed by atoms with Crippen molar-refractivity contribution < 1.29 is 9.53 Å². The van der Waals surface area contributed by atoms with E-state index in [9.17, 15) is 4.79 Å².